The van der Waals surface area contributed by atoms with Crippen molar-refractivity contribution in [3.05, 3.63) is 22.6 Å². The molecule has 1 aliphatic rings. The molecule has 1 aliphatic heterocycles. The number of fused-ring (bicyclic) bond motifs is 1. The molecule has 3 rings (SSSR count). The van der Waals surface area contributed by atoms with Crippen molar-refractivity contribution in [1.29, 1.82) is 0 Å². The van der Waals surface area contributed by atoms with Crippen molar-refractivity contribution in [3.63, 3.8) is 0 Å². The summed E-state index contributed by atoms with van der Waals surface area (Å²) in [7, 11) is 0. The molecule has 0 radical (unpaired) electrons. The van der Waals surface area contributed by atoms with E-state index in [1.807, 2.05) is 6.07 Å². The van der Waals surface area contributed by atoms with Crippen LogP contribution in [0.2, 0.25) is 0 Å². The number of aromatic amines is 1. The third-order valence-electron chi connectivity index (χ3n) is 3.62. The first-order chi connectivity index (χ1) is 9.24. The number of anilines is 1. The van der Waals surface area contributed by atoms with Crippen LogP contribution in [0.3, 0.4) is 0 Å². The molecular formula is C12H17N5O2. The van der Waals surface area contributed by atoms with Crippen LogP contribution < -0.4 is 11.0 Å². The van der Waals surface area contributed by atoms with Gasteiger partial charge in [-0.2, -0.15) is 9.61 Å². The Bertz CT molecular complexity index is 614. The summed E-state index contributed by atoms with van der Waals surface area (Å²) in [5.74, 6) is 1.27. The van der Waals surface area contributed by atoms with Gasteiger partial charge in [-0.15, -0.1) is 5.10 Å². The van der Waals surface area contributed by atoms with Gasteiger partial charge in [0.15, 0.2) is 5.65 Å². The predicted octanol–water partition coefficient (Wildman–Crippen LogP) is 0.645. The van der Waals surface area contributed by atoms with Gasteiger partial charge in [-0.05, 0) is 37.8 Å². The number of ether oxygens (including phenoxy) is 1. The zero-order chi connectivity index (χ0) is 13.2. The first-order valence-electron chi connectivity index (χ1n) is 6.53. The zero-order valence-corrected chi connectivity index (χ0v) is 10.8. The van der Waals surface area contributed by atoms with Gasteiger partial charge < -0.3 is 10.1 Å². The molecule has 102 valence electrons. The van der Waals surface area contributed by atoms with E-state index in [9.17, 15) is 4.79 Å². The second-order valence-corrected chi connectivity index (χ2v) is 4.90. The van der Waals surface area contributed by atoms with Crippen molar-refractivity contribution < 1.29 is 4.74 Å². The summed E-state index contributed by atoms with van der Waals surface area (Å²) >= 11 is 0. The van der Waals surface area contributed by atoms with Gasteiger partial charge in [0, 0.05) is 19.3 Å². The molecule has 2 aromatic rings. The van der Waals surface area contributed by atoms with E-state index in [1.54, 1.807) is 6.07 Å². The highest BCUT2D eigenvalue weighted by atomic mass is 16.5. The third kappa shape index (κ3) is 2.46. The first kappa shape index (κ1) is 12.2. The molecule has 0 aliphatic carbocycles. The molecule has 1 atom stereocenters. The maximum Gasteiger partial charge on any atom is 0.364 e. The number of hydrogen-bond donors (Lipinski definition) is 2. The lowest BCUT2D eigenvalue weighted by Crippen LogP contribution is -2.31. The van der Waals surface area contributed by atoms with Crippen LogP contribution in [-0.2, 0) is 4.74 Å². The average Bonchev–Trinajstić information content (AvgIpc) is 2.81. The van der Waals surface area contributed by atoms with Crippen LogP contribution in [0.15, 0.2) is 16.9 Å². The molecular weight excluding hydrogens is 246 g/mol. The molecule has 1 saturated heterocycles. The SMILES string of the molecule is CC(Nc1ccc2n[nH]c(=O)n2n1)C1CCOCC1. The summed E-state index contributed by atoms with van der Waals surface area (Å²) in [6.45, 7) is 3.79. The normalized spacial score (nSPS) is 18.6. The van der Waals surface area contributed by atoms with Crippen LogP contribution in [0.1, 0.15) is 19.8 Å². The number of nitrogens with zero attached hydrogens (tertiary/aromatic N) is 3. The maximum atomic E-state index is 11.5. The van der Waals surface area contributed by atoms with Crippen LogP contribution in [0.5, 0.6) is 0 Å². The molecule has 7 heteroatoms. The lowest BCUT2D eigenvalue weighted by Gasteiger charge is -2.28. The Kier molecular flexibility index (Phi) is 3.20. The summed E-state index contributed by atoms with van der Waals surface area (Å²) in [5, 5.41) is 13.8. The van der Waals surface area contributed by atoms with E-state index in [4.69, 9.17) is 4.74 Å². The minimum atomic E-state index is -0.322. The Morgan fingerprint density at radius 2 is 2.26 bits per heavy atom. The molecule has 3 heterocycles. The number of hydrogen-bond acceptors (Lipinski definition) is 5. The highest BCUT2D eigenvalue weighted by Crippen LogP contribution is 2.21. The molecule has 2 aromatic heterocycles. The molecule has 7 nitrogen and oxygen atoms in total. The van der Waals surface area contributed by atoms with Crippen molar-refractivity contribution in [1.82, 2.24) is 19.8 Å². The largest absolute Gasteiger partial charge is 0.381 e. The Hall–Kier alpha value is -1.89. The lowest BCUT2D eigenvalue weighted by atomic mass is 9.93. The van der Waals surface area contributed by atoms with E-state index in [1.165, 1.54) is 4.52 Å². The van der Waals surface area contributed by atoms with Gasteiger partial charge in [0.1, 0.15) is 5.82 Å². The Labute approximate surface area is 110 Å². The second-order valence-electron chi connectivity index (χ2n) is 4.90. The molecule has 2 N–H and O–H groups in total. The van der Waals surface area contributed by atoms with Gasteiger partial charge >= 0.3 is 5.69 Å². The van der Waals surface area contributed by atoms with Crippen molar-refractivity contribution in [2.75, 3.05) is 18.5 Å². The first-order valence-corrected chi connectivity index (χ1v) is 6.53. The van der Waals surface area contributed by atoms with Crippen LogP contribution in [0.25, 0.3) is 5.65 Å². The minimum absolute atomic E-state index is 0.302. The molecule has 1 fully saturated rings. The molecule has 0 spiro atoms. The van der Waals surface area contributed by atoms with Gasteiger partial charge in [-0.1, -0.05) is 0 Å². The monoisotopic (exact) mass is 263 g/mol. The number of H-pyrrole nitrogens is 1. The summed E-state index contributed by atoms with van der Waals surface area (Å²) in [6, 6.07) is 3.91. The Balaban J connectivity index is 1.76. The van der Waals surface area contributed by atoms with Crippen LogP contribution in [-0.4, -0.2) is 39.1 Å². The van der Waals surface area contributed by atoms with Gasteiger partial charge in [0.2, 0.25) is 0 Å². The standard InChI is InChI=1S/C12H17N5O2/c1-8(9-4-6-19-7-5-9)13-10-2-3-11-14-15-12(18)17(11)16-10/h2-3,8-9H,4-7H2,1H3,(H,13,16)(H,15,18). The highest BCUT2D eigenvalue weighted by Gasteiger charge is 2.20. The summed E-state index contributed by atoms with van der Waals surface area (Å²) < 4.78 is 6.62. The van der Waals surface area contributed by atoms with Gasteiger partial charge in [0.05, 0.1) is 0 Å². The molecule has 19 heavy (non-hydrogen) atoms. The predicted molar refractivity (Wildman–Crippen MR) is 70.2 cm³/mol. The highest BCUT2D eigenvalue weighted by molar-refractivity contribution is 5.43. The van der Waals surface area contributed by atoms with Crippen molar-refractivity contribution in [3.8, 4) is 0 Å². The van der Waals surface area contributed by atoms with E-state index >= 15 is 0 Å². The smallest absolute Gasteiger partial charge is 0.364 e. The van der Waals surface area contributed by atoms with Crippen LogP contribution in [0, 0.1) is 5.92 Å². The van der Waals surface area contributed by atoms with Gasteiger partial charge in [-0.3, -0.25) is 0 Å². The van der Waals surface area contributed by atoms with Crippen molar-refractivity contribution >= 4 is 11.5 Å². The maximum absolute atomic E-state index is 11.5. The minimum Gasteiger partial charge on any atom is -0.381 e. The second kappa shape index (κ2) is 5.00. The van der Waals surface area contributed by atoms with E-state index < -0.39 is 0 Å². The fourth-order valence-electron chi connectivity index (χ4n) is 2.45. The van der Waals surface area contributed by atoms with Crippen molar-refractivity contribution in [2.24, 2.45) is 5.92 Å². The van der Waals surface area contributed by atoms with E-state index in [0.29, 0.717) is 23.4 Å². The quantitative estimate of drug-likeness (QED) is 0.849. The molecule has 0 aromatic carbocycles. The number of aromatic nitrogens is 4. The average molecular weight is 263 g/mol. The fourth-order valence-corrected chi connectivity index (χ4v) is 2.45. The summed E-state index contributed by atoms with van der Waals surface area (Å²) in [4.78, 5) is 11.5. The van der Waals surface area contributed by atoms with E-state index in [-0.39, 0.29) is 5.69 Å². The Morgan fingerprint density at radius 1 is 1.47 bits per heavy atom. The van der Waals surface area contributed by atoms with E-state index in [2.05, 4.69) is 27.5 Å². The van der Waals surface area contributed by atoms with Crippen molar-refractivity contribution in [2.45, 2.75) is 25.8 Å². The Morgan fingerprint density at radius 3 is 3.05 bits per heavy atom. The fraction of sp³-hybridized carbons (Fsp3) is 0.583. The van der Waals surface area contributed by atoms with Gasteiger partial charge in [0.25, 0.3) is 0 Å². The third-order valence-corrected chi connectivity index (χ3v) is 3.62. The molecule has 0 saturated carbocycles. The van der Waals surface area contributed by atoms with Gasteiger partial charge in [-0.25, -0.2) is 9.89 Å². The summed E-state index contributed by atoms with van der Waals surface area (Å²) in [6.07, 6.45) is 2.12. The number of rotatable bonds is 3. The topological polar surface area (TPSA) is 84.3 Å². The molecule has 0 amide bonds. The molecule has 0 bridgehead atoms. The summed E-state index contributed by atoms with van der Waals surface area (Å²) in [5.41, 5.74) is 0.201. The zero-order valence-electron chi connectivity index (χ0n) is 10.8. The molecule has 1 unspecified atom stereocenters. The van der Waals surface area contributed by atoms with Crippen LogP contribution >= 0.6 is 0 Å². The number of nitrogens with one attached hydrogen (secondary N) is 2. The van der Waals surface area contributed by atoms with Crippen LogP contribution in [0.4, 0.5) is 5.82 Å². The van der Waals surface area contributed by atoms with E-state index in [0.717, 1.165) is 26.1 Å². The lowest BCUT2D eigenvalue weighted by molar-refractivity contribution is 0.0622.